The van der Waals surface area contributed by atoms with Gasteiger partial charge in [-0.2, -0.15) is 5.10 Å². The molecule has 1 aromatic carbocycles. The molecular weight excluding hydrogens is 298 g/mol. The molecule has 0 spiro atoms. The highest BCUT2D eigenvalue weighted by atomic mass is 32.1. The number of rotatable bonds is 3. The van der Waals surface area contributed by atoms with Crippen molar-refractivity contribution >= 4 is 29.5 Å². The summed E-state index contributed by atoms with van der Waals surface area (Å²) in [6.07, 6.45) is 1.55. The number of benzene rings is 1. The van der Waals surface area contributed by atoms with Crippen LogP contribution < -0.4 is 5.32 Å². The highest BCUT2D eigenvalue weighted by Crippen LogP contribution is 2.28. The molecular formula is C16H15N3O2S. The predicted molar refractivity (Wildman–Crippen MR) is 85.8 cm³/mol. The third-order valence-corrected chi connectivity index (χ3v) is 4.67. The molecule has 0 aliphatic carbocycles. The van der Waals surface area contributed by atoms with Gasteiger partial charge in [0.25, 0.3) is 5.91 Å². The van der Waals surface area contributed by atoms with Crippen LogP contribution in [0.15, 0.2) is 46.9 Å². The van der Waals surface area contributed by atoms with Crippen molar-refractivity contribution in [1.82, 2.24) is 10.3 Å². The minimum Gasteiger partial charge on any atom is -0.318 e. The van der Waals surface area contributed by atoms with Crippen molar-refractivity contribution in [1.29, 1.82) is 0 Å². The Hall–Kier alpha value is -2.47. The second kappa shape index (κ2) is 5.38. The van der Waals surface area contributed by atoms with Crippen molar-refractivity contribution in [3.05, 3.63) is 57.8 Å². The third kappa shape index (κ3) is 2.31. The largest absolute Gasteiger partial charge is 0.346 e. The van der Waals surface area contributed by atoms with Gasteiger partial charge in [-0.25, -0.2) is 4.79 Å². The standard InChI is InChI=1S/C16H15N3O2S/c1-11-8-9-22-13(11)10-17-19-14(20)16(2,18-15(19)21)12-6-4-3-5-7-12/h3-10H,1-2H3,(H,18,21)/b17-10-/t16-/m0/s1. The van der Waals surface area contributed by atoms with Crippen molar-refractivity contribution in [3.8, 4) is 0 Å². The molecule has 6 heteroatoms. The normalized spacial score (nSPS) is 21.6. The van der Waals surface area contributed by atoms with Crippen LogP contribution in [0.4, 0.5) is 4.79 Å². The first-order chi connectivity index (χ1) is 10.5. The first-order valence-electron chi connectivity index (χ1n) is 6.82. The molecule has 1 saturated heterocycles. The summed E-state index contributed by atoms with van der Waals surface area (Å²) in [6, 6.07) is 10.6. The zero-order valence-corrected chi connectivity index (χ0v) is 13.1. The van der Waals surface area contributed by atoms with Crippen LogP contribution in [-0.2, 0) is 10.3 Å². The summed E-state index contributed by atoms with van der Waals surface area (Å²) >= 11 is 1.51. The molecule has 1 aliphatic rings. The van der Waals surface area contributed by atoms with E-state index >= 15 is 0 Å². The van der Waals surface area contributed by atoms with Gasteiger partial charge in [0.1, 0.15) is 5.54 Å². The van der Waals surface area contributed by atoms with Gasteiger partial charge in [-0.3, -0.25) is 4.79 Å². The molecule has 1 N–H and O–H groups in total. The van der Waals surface area contributed by atoms with Crippen molar-refractivity contribution in [3.63, 3.8) is 0 Å². The molecule has 2 heterocycles. The molecule has 3 rings (SSSR count). The van der Waals surface area contributed by atoms with Crippen molar-refractivity contribution in [2.45, 2.75) is 19.4 Å². The number of thiophene rings is 1. The lowest BCUT2D eigenvalue weighted by molar-refractivity contribution is -0.131. The van der Waals surface area contributed by atoms with Gasteiger partial charge in [0.05, 0.1) is 11.1 Å². The fraction of sp³-hybridized carbons (Fsp3) is 0.188. The number of imide groups is 1. The van der Waals surface area contributed by atoms with Gasteiger partial charge in [0.15, 0.2) is 0 Å². The molecule has 2 aromatic rings. The van der Waals surface area contributed by atoms with E-state index in [1.807, 2.05) is 48.7 Å². The highest BCUT2D eigenvalue weighted by molar-refractivity contribution is 7.11. The summed E-state index contributed by atoms with van der Waals surface area (Å²) in [4.78, 5) is 25.6. The van der Waals surface area contributed by atoms with Gasteiger partial charge >= 0.3 is 6.03 Å². The summed E-state index contributed by atoms with van der Waals surface area (Å²) < 4.78 is 0. The predicted octanol–water partition coefficient (Wildman–Crippen LogP) is 2.86. The molecule has 112 valence electrons. The monoisotopic (exact) mass is 313 g/mol. The Labute approximate surface area is 132 Å². The first-order valence-corrected chi connectivity index (χ1v) is 7.70. The molecule has 1 atom stereocenters. The lowest BCUT2D eigenvalue weighted by Gasteiger charge is -2.20. The van der Waals surface area contributed by atoms with Crippen LogP contribution in [0.5, 0.6) is 0 Å². The van der Waals surface area contributed by atoms with Crippen LogP contribution in [0, 0.1) is 6.92 Å². The molecule has 1 aromatic heterocycles. The Morgan fingerprint density at radius 2 is 1.95 bits per heavy atom. The number of hydrogen-bond acceptors (Lipinski definition) is 4. The maximum absolute atomic E-state index is 12.6. The summed E-state index contributed by atoms with van der Waals surface area (Å²) in [5.74, 6) is -0.380. The van der Waals surface area contributed by atoms with Crippen LogP contribution in [0.1, 0.15) is 22.9 Å². The zero-order valence-electron chi connectivity index (χ0n) is 12.2. The maximum Gasteiger partial charge on any atom is 0.346 e. The summed E-state index contributed by atoms with van der Waals surface area (Å²) in [5, 5.41) is 9.62. The average Bonchev–Trinajstić information content (AvgIpc) is 3.01. The van der Waals surface area contributed by atoms with E-state index < -0.39 is 11.6 Å². The average molecular weight is 313 g/mol. The minimum atomic E-state index is -1.08. The van der Waals surface area contributed by atoms with Crippen molar-refractivity contribution < 1.29 is 9.59 Å². The summed E-state index contributed by atoms with van der Waals surface area (Å²) in [6.45, 7) is 3.65. The van der Waals surface area contributed by atoms with Crippen LogP contribution in [0.3, 0.4) is 0 Å². The second-order valence-electron chi connectivity index (χ2n) is 5.25. The Morgan fingerprint density at radius 1 is 1.23 bits per heavy atom. The molecule has 0 bridgehead atoms. The number of hydrogen-bond donors (Lipinski definition) is 1. The Balaban J connectivity index is 1.89. The van der Waals surface area contributed by atoms with E-state index in [4.69, 9.17) is 0 Å². The van der Waals surface area contributed by atoms with E-state index in [0.717, 1.165) is 21.0 Å². The quantitative estimate of drug-likeness (QED) is 0.699. The number of carbonyl (C=O) groups excluding carboxylic acids is 2. The van der Waals surface area contributed by atoms with E-state index in [2.05, 4.69) is 10.4 Å². The third-order valence-electron chi connectivity index (χ3n) is 3.71. The molecule has 22 heavy (non-hydrogen) atoms. The van der Waals surface area contributed by atoms with Crippen molar-refractivity contribution in [2.24, 2.45) is 5.10 Å². The Bertz CT molecular complexity index is 754. The number of amides is 3. The number of nitrogens with one attached hydrogen (secondary N) is 1. The molecule has 5 nitrogen and oxygen atoms in total. The smallest absolute Gasteiger partial charge is 0.318 e. The molecule has 3 amide bonds. The number of carbonyl (C=O) groups is 2. The number of aryl methyl sites for hydroxylation is 1. The van der Waals surface area contributed by atoms with E-state index in [0.29, 0.717) is 0 Å². The van der Waals surface area contributed by atoms with E-state index in [1.54, 1.807) is 13.1 Å². The van der Waals surface area contributed by atoms with E-state index in [9.17, 15) is 9.59 Å². The minimum absolute atomic E-state index is 0.380. The SMILES string of the molecule is Cc1ccsc1/C=N\N1C(=O)N[C@@](C)(c2ccccc2)C1=O. The fourth-order valence-corrected chi connectivity index (χ4v) is 3.10. The van der Waals surface area contributed by atoms with E-state index in [1.165, 1.54) is 11.3 Å². The van der Waals surface area contributed by atoms with Gasteiger partial charge in [-0.05, 0) is 36.4 Å². The van der Waals surface area contributed by atoms with Crippen LogP contribution in [0.25, 0.3) is 0 Å². The first kappa shape index (κ1) is 14.5. The molecule has 1 aliphatic heterocycles. The lowest BCUT2D eigenvalue weighted by Crippen LogP contribution is -2.40. The Morgan fingerprint density at radius 3 is 2.59 bits per heavy atom. The van der Waals surface area contributed by atoms with Crippen LogP contribution in [-0.4, -0.2) is 23.2 Å². The number of hydrazone groups is 1. The summed E-state index contributed by atoms with van der Waals surface area (Å²) in [7, 11) is 0. The van der Waals surface area contributed by atoms with Crippen LogP contribution in [0.2, 0.25) is 0 Å². The highest BCUT2D eigenvalue weighted by Gasteiger charge is 2.49. The topological polar surface area (TPSA) is 61.8 Å². The van der Waals surface area contributed by atoms with Crippen molar-refractivity contribution in [2.75, 3.05) is 0 Å². The lowest BCUT2D eigenvalue weighted by atomic mass is 9.92. The summed E-state index contributed by atoms with van der Waals surface area (Å²) in [5.41, 5.74) is 0.713. The molecule has 1 fully saturated rings. The van der Waals surface area contributed by atoms with Crippen LogP contribution >= 0.6 is 11.3 Å². The maximum atomic E-state index is 12.6. The molecule has 0 unspecified atom stereocenters. The van der Waals surface area contributed by atoms with Gasteiger partial charge in [-0.15, -0.1) is 16.3 Å². The number of urea groups is 1. The second-order valence-corrected chi connectivity index (χ2v) is 6.20. The fourth-order valence-electron chi connectivity index (χ4n) is 2.32. The molecule has 0 saturated carbocycles. The van der Waals surface area contributed by atoms with Gasteiger partial charge in [0, 0.05) is 0 Å². The number of nitrogens with zero attached hydrogens (tertiary/aromatic N) is 2. The van der Waals surface area contributed by atoms with Gasteiger partial charge in [-0.1, -0.05) is 30.3 Å². The van der Waals surface area contributed by atoms with Gasteiger partial charge < -0.3 is 5.32 Å². The van der Waals surface area contributed by atoms with E-state index in [-0.39, 0.29) is 5.91 Å². The Kier molecular flexibility index (Phi) is 3.54. The molecule has 0 radical (unpaired) electrons. The zero-order chi connectivity index (χ0) is 15.7. The van der Waals surface area contributed by atoms with Gasteiger partial charge in [0.2, 0.25) is 0 Å².